The van der Waals surface area contributed by atoms with E-state index in [-0.39, 0.29) is 11.9 Å². The number of ether oxygens (including phenoxy) is 3. The van der Waals surface area contributed by atoms with E-state index in [2.05, 4.69) is 16.3 Å². The van der Waals surface area contributed by atoms with Crippen LogP contribution in [0.15, 0.2) is 60.0 Å². The second-order valence-electron chi connectivity index (χ2n) is 7.99. The topological polar surface area (TPSA) is 51.2 Å². The highest BCUT2D eigenvalue weighted by Crippen LogP contribution is 2.39. The van der Waals surface area contributed by atoms with E-state index in [0.29, 0.717) is 13.1 Å². The van der Waals surface area contributed by atoms with Crippen LogP contribution in [0, 0.1) is 0 Å². The Balaban J connectivity index is 1.56. The molecule has 3 aromatic rings. The molecule has 1 fully saturated rings. The molecule has 1 unspecified atom stereocenters. The van der Waals surface area contributed by atoms with Crippen molar-refractivity contribution in [3.8, 4) is 17.2 Å². The van der Waals surface area contributed by atoms with Gasteiger partial charge in [-0.05, 0) is 60.7 Å². The second-order valence-corrected chi connectivity index (χ2v) is 9.02. The van der Waals surface area contributed by atoms with Gasteiger partial charge >= 0.3 is 0 Å². The Labute approximate surface area is 199 Å². The van der Waals surface area contributed by atoms with Crippen LogP contribution in [0.2, 0.25) is 0 Å². The van der Waals surface area contributed by atoms with Crippen LogP contribution in [0.25, 0.3) is 0 Å². The summed E-state index contributed by atoms with van der Waals surface area (Å²) in [5.74, 6) is 2.41. The molecule has 7 heteroatoms. The summed E-state index contributed by atoms with van der Waals surface area (Å²) in [7, 11) is 4.95. The summed E-state index contributed by atoms with van der Waals surface area (Å²) in [5, 5.41) is 2.07. The maximum Gasteiger partial charge on any atom is 0.242 e. The van der Waals surface area contributed by atoms with Crippen molar-refractivity contribution < 1.29 is 19.0 Å². The fraction of sp³-hybridized carbons (Fsp3) is 0.346. The average molecular weight is 467 g/mol. The summed E-state index contributed by atoms with van der Waals surface area (Å²) in [6.45, 7) is 1.73. The number of nitrogens with zero attached hydrogens (tertiary/aromatic N) is 2. The van der Waals surface area contributed by atoms with Crippen molar-refractivity contribution in [1.29, 1.82) is 0 Å². The van der Waals surface area contributed by atoms with Gasteiger partial charge in [-0.1, -0.05) is 6.07 Å². The molecule has 0 bridgehead atoms. The third-order valence-corrected chi connectivity index (χ3v) is 6.92. The lowest BCUT2D eigenvalue weighted by Gasteiger charge is -2.30. The Morgan fingerprint density at radius 2 is 1.79 bits per heavy atom. The fourth-order valence-electron chi connectivity index (χ4n) is 4.36. The molecular formula is C26H30N2O4S. The van der Waals surface area contributed by atoms with Gasteiger partial charge in [0.2, 0.25) is 5.91 Å². The van der Waals surface area contributed by atoms with E-state index in [1.807, 2.05) is 53.4 Å². The average Bonchev–Trinajstić information content (AvgIpc) is 3.55. The first kappa shape index (κ1) is 23.0. The minimum Gasteiger partial charge on any atom is -0.497 e. The van der Waals surface area contributed by atoms with E-state index in [1.165, 1.54) is 4.88 Å². The summed E-state index contributed by atoms with van der Waals surface area (Å²) in [6, 6.07) is 17.9. The maximum absolute atomic E-state index is 13.6. The van der Waals surface area contributed by atoms with Crippen LogP contribution in [0.3, 0.4) is 0 Å². The molecule has 1 aromatic heterocycles. The van der Waals surface area contributed by atoms with Crippen molar-refractivity contribution in [1.82, 2.24) is 4.90 Å². The summed E-state index contributed by atoms with van der Waals surface area (Å²) in [5.41, 5.74) is 2.02. The van der Waals surface area contributed by atoms with E-state index in [1.54, 1.807) is 32.7 Å². The van der Waals surface area contributed by atoms with Gasteiger partial charge in [0.05, 0.1) is 40.5 Å². The molecule has 6 nitrogen and oxygen atoms in total. The van der Waals surface area contributed by atoms with E-state index in [4.69, 9.17) is 14.2 Å². The van der Waals surface area contributed by atoms with Crippen LogP contribution in [-0.4, -0.2) is 45.2 Å². The molecule has 2 heterocycles. The Morgan fingerprint density at radius 3 is 2.45 bits per heavy atom. The van der Waals surface area contributed by atoms with Crippen molar-refractivity contribution in [2.45, 2.75) is 25.4 Å². The molecule has 1 aliphatic heterocycles. The molecular weight excluding hydrogens is 436 g/mol. The molecule has 0 spiro atoms. The molecule has 2 aromatic carbocycles. The van der Waals surface area contributed by atoms with Crippen LogP contribution in [0.4, 0.5) is 5.69 Å². The zero-order valence-corrected chi connectivity index (χ0v) is 20.1. The van der Waals surface area contributed by atoms with Crippen LogP contribution in [0.5, 0.6) is 17.2 Å². The quantitative estimate of drug-likeness (QED) is 0.437. The van der Waals surface area contributed by atoms with E-state index >= 15 is 0 Å². The van der Waals surface area contributed by atoms with Crippen molar-refractivity contribution in [3.05, 3.63) is 70.4 Å². The van der Waals surface area contributed by atoms with Gasteiger partial charge in [0.25, 0.3) is 0 Å². The van der Waals surface area contributed by atoms with Gasteiger partial charge in [0, 0.05) is 28.7 Å². The molecule has 0 radical (unpaired) electrons. The summed E-state index contributed by atoms with van der Waals surface area (Å²) in [4.78, 5) is 18.9. The summed E-state index contributed by atoms with van der Waals surface area (Å²) < 4.78 is 16.3. The highest BCUT2D eigenvalue weighted by molar-refractivity contribution is 7.09. The molecule has 0 saturated carbocycles. The number of hydrogen-bond donors (Lipinski definition) is 0. The molecule has 1 saturated heterocycles. The van der Waals surface area contributed by atoms with Crippen LogP contribution < -0.4 is 19.1 Å². The van der Waals surface area contributed by atoms with Crippen LogP contribution in [0.1, 0.15) is 29.3 Å². The molecule has 4 rings (SSSR count). The van der Waals surface area contributed by atoms with Gasteiger partial charge in [-0.2, -0.15) is 0 Å². The largest absolute Gasteiger partial charge is 0.497 e. The smallest absolute Gasteiger partial charge is 0.242 e. The minimum absolute atomic E-state index is 0.00203. The Hall–Kier alpha value is -3.19. The molecule has 0 aliphatic carbocycles. The highest BCUT2D eigenvalue weighted by atomic mass is 32.1. The van der Waals surface area contributed by atoms with Gasteiger partial charge in [-0.3, -0.25) is 4.79 Å². The van der Waals surface area contributed by atoms with Crippen molar-refractivity contribution >= 4 is 22.9 Å². The predicted molar refractivity (Wildman–Crippen MR) is 132 cm³/mol. The highest BCUT2D eigenvalue weighted by Gasteiger charge is 2.32. The number of thiophene rings is 1. The number of amides is 1. The molecule has 1 atom stereocenters. The van der Waals surface area contributed by atoms with Crippen molar-refractivity contribution in [3.63, 3.8) is 0 Å². The Kier molecular flexibility index (Phi) is 7.40. The predicted octanol–water partition coefficient (Wildman–Crippen LogP) is 5.14. The lowest BCUT2D eigenvalue weighted by atomic mass is 10.0. The third kappa shape index (κ3) is 5.25. The monoisotopic (exact) mass is 466 g/mol. The Bertz CT molecular complexity index is 1050. The first-order chi connectivity index (χ1) is 16.1. The van der Waals surface area contributed by atoms with Gasteiger partial charge in [0.15, 0.2) is 0 Å². The number of carbonyl (C=O) groups is 1. The molecule has 0 N–H and O–H groups in total. The number of hydrogen-bond acceptors (Lipinski definition) is 6. The number of likely N-dealkylation sites (tertiary alicyclic amines) is 1. The standard InChI is InChI=1S/C26H30N2O4S/c1-30-20-10-8-19(9-11-20)27(17-22-6-5-15-33-22)18-26(29)28-14-4-7-24(28)23-13-12-21(31-2)16-25(23)32-3/h5-6,8-13,15-16,24H,4,7,14,17-18H2,1-3H3. The molecule has 1 aliphatic rings. The second kappa shape index (κ2) is 10.6. The maximum atomic E-state index is 13.6. The first-order valence-corrected chi connectivity index (χ1v) is 11.9. The van der Waals surface area contributed by atoms with Gasteiger partial charge in [0.1, 0.15) is 17.2 Å². The van der Waals surface area contributed by atoms with Crippen LogP contribution >= 0.6 is 11.3 Å². The molecule has 1 amide bonds. The van der Waals surface area contributed by atoms with Gasteiger partial charge in [-0.15, -0.1) is 11.3 Å². The lowest BCUT2D eigenvalue weighted by Crippen LogP contribution is -2.40. The number of benzene rings is 2. The van der Waals surface area contributed by atoms with E-state index in [0.717, 1.165) is 47.9 Å². The summed E-state index contributed by atoms with van der Waals surface area (Å²) >= 11 is 1.70. The lowest BCUT2D eigenvalue weighted by molar-refractivity contribution is -0.130. The zero-order valence-electron chi connectivity index (χ0n) is 19.3. The zero-order chi connectivity index (χ0) is 23.2. The fourth-order valence-corrected chi connectivity index (χ4v) is 5.08. The first-order valence-electron chi connectivity index (χ1n) is 11.1. The third-order valence-electron chi connectivity index (χ3n) is 6.06. The van der Waals surface area contributed by atoms with Crippen molar-refractivity contribution in [2.75, 3.05) is 39.3 Å². The number of anilines is 1. The molecule has 33 heavy (non-hydrogen) atoms. The van der Waals surface area contributed by atoms with E-state index in [9.17, 15) is 4.79 Å². The van der Waals surface area contributed by atoms with Gasteiger partial charge in [-0.25, -0.2) is 0 Å². The molecule has 174 valence electrons. The van der Waals surface area contributed by atoms with Gasteiger partial charge < -0.3 is 24.0 Å². The minimum atomic E-state index is -0.00203. The normalized spacial score (nSPS) is 15.4. The Morgan fingerprint density at radius 1 is 1.03 bits per heavy atom. The SMILES string of the molecule is COc1ccc(N(CC(=O)N2CCCC2c2ccc(OC)cc2OC)Cc2cccs2)cc1. The van der Waals surface area contributed by atoms with E-state index < -0.39 is 0 Å². The number of rotatable bonds is 9. The number of carbonyl (C=O) groups excluding carboxylic acids is 1. The summed E-state index contributed by atoms with van der Waals surface area (Å²) in [6.07, 6.45) is 1.89. The van der Waals surface area contributed by atoms with Crippen LogP contribution in [-0.2, 0) is 11.3 Å². The van der Waals surface area contributed by atoms with Crippen molar-refractivity contribution in [2.24, 2.45) is 0 Å². The number of methoxy groups -OCH3 is 3.